The van der Waals surface area contributed by atoms with Gasteiger partial charge in [0.1, 0.15) is 0 Å². The maximum atomic E-state index is 9.18. The largest absolute Gasteiger partial charge is 0.254 e. The Labute approximate surface area is 287 Å². The normalized spacial score (nSPS) is 13.5. The second-order valence-electron chi connectivity index (χ2n) is 11.2. The molecule has 0 radical (unpaired) electrons. The van der Waals surface area contributed by atoms with Gasteiger partial charge in [-0.3, -0.25) is 4.98 Å². The van der Waals surface area contributed by atoms with Crippen LogP contribution in [0.5, 0.6) is 0 Å². The van der Waals surface area contributed by atoms with Gasteiger partial charge >= 0.3 is 0 Å². The molecule has 3 aromatic heterocycles. The summed E-state index contributed by atoms with van der Waals surface area (Å²) < 4.78 is 60.6. The van der Waals surface area contributed by atoms with E-state index < -0.39 is 12.2 Å². The molecule has 0 bridgehead atoms. The SMILES string of the molecule is [2H]c1nc2c(c([2H])c1[2H])c([2H])c([2H])c1c([2H])c([2H])c(-c3ccc(-c4c(-c5ccccc5)sc(-c5ccccc5)c4-c4ccccc4)c4ccccc34)nc12. The zero-order valence-electron chi connectivity index (χ0n) is 31.9. The Kier molecular flexibility index (Phi) is 5.13. The van der Waals surface area contributed by atoms with Crippen molar-refractivity contribution in [2.24, 2.45) is 0 Å². The molecule has 9 aromatic rings. The minimum atomic E-state index is -0.459. The Morgan fingerprint density at radius 2 is 1.00 bits per heavy atom. The standard InChI is InChI=1S/C44H28N2S/c1-4-13-29(14-5-1)39-40(44(33-17-8-3-9-18-33)47-43(39)32-15-6-2-7-16-32)37-26-25-36(34-20-10-11-21-35(34)37)38-27-24-31-23-22-30-19-12-28-45-41(30)42(31)46-38/h1-28H/i12D,19D,22D,23D,24D,27D,28D. The van der Waals surface area contributed by atoms with E-state index >= 15 is 0 Å². The van der Waals surface area contributed by atoms with Crippen LogP contribution >= 0.6 is 11.3 Å². The van der Waals surface area contributed by atoms with Crippen LogP contribution in [0.1, 0.15) is 9.60 Å². The van der Waals surface area contributed by atoms with Crippen molar-refractivity contribution in [2.75, 3.05) is 0 Å². The second kappa shape index (κ2) is 11.5. The molecule has 0 atom stereocenters. The first-order valence-corrected chi connectivity index (χ1v) is 16.1. The predicted octanol–water partition coefficient (Wildman–Crippen LogP) is 12.3. The van der Waals surface area contributed by atoms with Gasteiger partial charge in [-0.1, -0.05) is 152 Å². The number of aromatic nitrogens is 2. The van der Waals surface area contributed by atoms with Crippen molar-refractivity contribution in [3.8, 4) is 54.4 Å². The van der Waals surface area contributed by atoms with Crippen LogP contribution in [0.4, 0.5) is 0 Å². The number of thiophene rings is 1. The van der Waals surface area contributed by atoms with Crippen molar-refractivity contribution in [3.05, 3.63) is 170 Å². The lowest BCUT2D eigenvalue weighted by atomic mass is 9.87. The van der Waals surface area contributed by atoms with Crippen LogP contribution in [-0.4, -0.2) is 9.97 Å². The molecule has 0 amide bonds. The molecule has 220 valence electrons. The molecule has 0 saturated heterocycles. The first kappa shape index (κ1) is 21.0. The van der Waals surface area contributed by atoms with Gasteiger partial charge in [0, 0.05) is 43.4 Å². The summed E-state index contributed by atoms with van der Waals surface area (Å²) in [6, 6.07) is 41.0. The molecule has 6 aromatic carbocycles. The van der Waals surface area contributed by atoms with Gasteiger partial charge in [-0.15, -0.1) is 11.3 Å². The lowest BCUT2D eigenvalue weighted by Gasteiger charge is -2.16. The Balaban J connectivity index is 1.37. The van der Waals surface area contributed by atoms with Gasteiger partial charge in [0.05, 0.1) is 26.3 Å². The first-order chi connectivity index (χ1) is 26.2. The molecule has 0 unspecified atom stereocenters. The van der Waals surface area contributed by atoms with Gasteiger partial charge in [0.15, 0.2) is 0 Å². The summed E-state index contributed by atoms with van der Waals surface area (Å²) in [6.45, 7) is 0. The average Bonchev–Trinajstić information content (AvgIpc) is 3.61. The zero-order valence-corrected chi connectivity index (χ0v) is 25.7. The van der Waals surface area contributed by atoms with Crippen LogP contribution in [0.25, 0.3) is 87.0 Å². The van der Waals surface area contributed by atoms with Crippen molar-refractivity contribution in [3.63, 3.8) is 0 Å². The van der Waals surface area contributed by atoms with E-state index in [0.29, 0.717) is 5.56 Å². The molecule has 2 nitrogen and oxygen atoms in total. The van der Waals surface area contributed by atoms with Crippen molar-refractivity contribution in [1.82, 2.24) is 9.97 Å². The van der Waals surface area contributed by atoms with E-state index in [0.717, 1.165) is 53.9 Å². The van der Waals surface area contributed by atoms with Crippen LogP contribution in [0.15, 0.2) is 170 Å². The number of hydrogen-bond acceptors (Lipinski definition) is 3. The molecular weight excluding hydrogens is 589 g/mol. The number of benzene rings is 6. The highest BCUT2D eigenvalue weighted by Gasteiger charge is 2.25. The minimum absolute atomic E-state index is 0.000559. The molecule has 0 aliphatic heterocycles. The molecule has 0 saturated carbocycles. The van der Waals surface area contributed by atoms with Crippen molar-refractivity contribution < 1.29 is 9.60 Å². The third-order valence-corrected chi connectivity index (χ3v) is 9.73. The van der Waals surface area contributed by atoms with Crippen LogP contribution in [-0.2, 0) is 0 Å². The maximum absolute atomic E-state index is 9.18. The minimum Gasteiger partial charge on any atom is -0.254 e. The first-order valence-electron chi connectivity index (χ1n) is 18.8. The van der Waals surface area contributed by atoms with Gasteiger partial charge in [-0.2, -0.15) is 0 Å². The lowest BCUT2D eigenvalue weighted by Crippen LogP contribution is -1.92. The van der Waals surface area contributed by atoms with Gasteiger partial charge in [0.25, 0.3) is 0 Å². The molecule has 3 heterocycles. The predicted molar refractivity (Wildman–Crippen MR) is 200 cm³/mol. The molecule has 0 spiro atoms. The van der Waals surface area contributed by atoms with Crippen LogP contribution in [0.3, 0.4) is 0 Å². The molecule has 9 rings (SSSR count). The van der Waals surface area contributed by atoms with Crippen molar-refractivity contribution >= 4 is 43.9 Å². The maximum Gasteiger partial charge on any atom is 0.0972 e. The number of fused-ring (bicyclic) bond motifs is 4. The van der Waals surface area contributed by atoms with Crippen molar-refractivity contribution in [1.29, 1.82) is 0 Å². The highest BCUT2D eigenvalue weighted by molar-refractivity contribution is 7.20. The third kappa shape index (κ3) is 4.72. The number of pyridine rings is 2. The summed E-state index contributed by atoms with van der Waals surface area (Å²) in [7, 11) is 0. The summed E-state index contributed by atoms with van der Waals surface area (Å²) in [5.74, 6) is 0. The van der Waals surface area contributed by atoms with Gasteiger partial charge in [-0.25, -0.2) is 4.98 Å². The van der Waals surface area contributed by atoms with Crippen LogP contribution < -0.4 is 0 Å². The van der Waals surface area contributed by atoms with E-state index in [9.17, 15) is 1.37 Å². The van der Waals surface area contributed by atoms with Crippen molar-refractivity contribution in [2.45, 2.75) is 0 Å². The van der Waals surface area contributed by atoms with Crippen LogP contribution in [0.2, 0.25) is 0 Å². The van der Waals surface area contributed by atoms with E-state index in [2.05, 4.69) is 77.8 Å². The average molecular weight is 624 g/mol. The summed E-state index contributed by atoms with van der Waals surface area (Å²) in [6.07, 6.45) is -0.459. The fourth-order valence-electron chi connectivity index (χ4n) is 6.32. The molecule has 0 aliphatic rings. The quantitative estimate of drug-likeness (QED) is 0.178. The fourth-order valence-corrected chi connectivity index (χ4v) is 7.67. The summed E-state index contributed by atoms with van der Waals surface area (Å²) in [4.78, 5) is 11.4. The lowest BCUT2D eigenvalue weighted by molar-refractivity contribution is 1.37. The fraction of sp³-hybridized carbons (Fsp3) is 0. The third-order valence-electron chi connectivity index (χ3n) is 8.44. The van der Waals surface area contributed by atoms with Gasteiger partial charge in [0.2, 0.25) is 0 Å². The highest BCUT2D eigenvalue weighted by Crippen LogP contribution is 2.53. The molecule has 47 heavy (non-hydrogen) atoms. The van der Waals surface area contributed by atoms with E-state index in [1.807, 2.05) is 54.6 Å². The molecular formula is C44H28N2S. The zero-order chi connectivity index (χ0) is 37.2. The van der Waals surface area contributed by atoms with E-state index in [4.69, 9.17) is 13.2 Å². The molecule has 3 heteroatoms. The Morgan fingerprint density at radius 1 is 0.468 bits per heavy atom. The number of nitrogens with zero attached hydrogens (tertiary/aromatic N) is 2. The smallest absolute Gasteiger partial charge is 0.0972 e. The van der Waals surface area contributed by atoms with E-state index in [1.165, 1.54) is 0 Å². The van der Waals surface area contributed by atoms with Crippen LogP contribution in [0, 0.1) is 0 Å². The molecule has 0 fully saturated rings. The number of hydrogen-bond donors (Lipinski definition) is 0. The molecule has 0 N–H and O–H groups in total. The number of rotatable bonds is 5. The topological polar surface area (TPSA) is 25.8 Å². The summed E-state index contributed by atoms with van der Waals surface area (Å²) >= 11 is 1.75. The highest BCUT2D eigenvalue weighted by atomic mass is 32.1. The summed E-state index contributed by atoms with van der Waals surface area (Å²) in [5, 5.41) is 1.60. The van der Waals surface area contributed by atoms with E-state index in [-0.39, 0.29) is 57.7 Å². The van der Waals surface area contributed by atoms with Gasteiger partial charge in [-0.05, 0) is 45.1 Å². The Morgan fingerprint density at radius 3 is 1.68 bits per heavy atom. The summed E-state index contributed by atoms with van der Waals surface area (Å²) in [5.41, 5.74) is 7.30. The van der Waals surface area contributed by atoms with Gasteiger partial charge < -0.3 is 0 Å². The second-order valence-corrected chi connectivity index (χ2v) is 12.2. The monoisotopic (exact) mass is 623 g/mol. The molecule has 0 aliphatic carbocycles. The Hall–Kier alpha value is -5.90. The Bertz CT molecular complexity index is 2950. The van der Waals surface area contributed by atoms with E-state index in [1.54, 1.807) is 11.3 Å².